The van der Waals surface area contributed by atoms with Crippen molar-refractivity contribution in [3.05, 3.63) is 78.0 Å². The standard InChI is InChI=1S/C26H27F2N3O5/c1-4-31-24(36)21-25(31,3)26(27,28)14-30(21)23(35)20(33)18(13-16-9-6-5-7-10-16)29-22(34)17-11-8-12-19(32)15(17)2/h4-12,18,20-21,32-33H,1,13-14H2,2-3H3,(H,29,34)/t18-,20-,21+,25?/m0/s1. The van der Waals surface area contributed by atoms with E-state index in [0.29, 0.717) is 16.0 Å². The van der Waals surface area contributed by atoms with Crippen molar-refractivity contribution >= 4 is 17.7 Å². The van der Waals surface area contributed by atoms with E-state index in [9.17, 15) is 33.4 Å². The minimum atomic E-state index is -3.44. The number of alkyl halides is 2. The molecule has 2 aliphatic heterocycles. The molecule has 0 radical (unpaired) electrons. The van der Waals surface area contributed by atoms with Crippen LogP contribution in [0.2, 0.25) is 0 Å². The number of fused-ring (bicyclic) bond motifs is 1. The van der Waals surface area contributed by atoms with Gasteiger partial charge in [0.25, 0.3) is 23.6 Å². The zero-order valence-corrected chi connectivity index (χ0v) is 19.8. The van der Waals surface area contributed by atoms with E-state index in [0.717, 1.165) is 11.1 Å². The molecule has 0 spiro atoms. The van der Waals surface area contributed by atoms with Crippen molar-refractivity contribution in [2.75, 3.05) is 6.54 Å². The van der Waals surface area contributed by atoms with Gasteiger partial charge in [-0.25, -0.2) is 8.78 Å². The van der Waals surface area contributed by atoms with Crippen molar-refractivity contribution in [1.29, 1.82) is 0 Å². The summed E-state index contributed by atoms with van der Waals surface area (Å²) in [7, 11) is 0. The number of carbonyl (C=O) groups is 3. The van der Waals surface area contributed by atoms with Crippen LogP contribution in [0.4, 0.5) is 8.78 Å². The normalized spacial score (nSPS) is 23.9. The third kappa shape index (κ3) is 3.81. The molecule has 4 atom stereocenters. The number of aliphatic hydroxyl groups is 1. The molecule has 2 heterocycles. The van der Waals surface area contributed by atoms with Gasteiger partial charge in [0.1, 0.15) is 17.3 Å². The molecule has 0 saturated carbocycles. The van der Waals surface area contributed by atoms with Crippen molar-refractivity contribution in [3.8, 4) is 5.75 Å². The summed E-state index contributed by atoms with van der Waals surface area (Å²) in [5.74, 6) is -6.01. The van der Waals surface area contributed by atoms with E-state index in [2.05, 4.69) is 11.9 Å². The Labute approximate surface area is 206 Å². The van der Waals surface area contributed by atoms with Gasteiger partial charge in [0.2, 0.25) is 0 Å². The number of β-lactam (4-membered cyclic amide) rings is 1. The molecule has 2 fully saturated rings. The number of benzene rings is 2. The van der Waals surface area contributed by atoms with Gasteiger partial charge in [0, 0.05) is 17.3 Å². The van der Waals surface area contributed by atoms with Gasteiger partial charge in [-0.05, 0) is 38.0 Å². The maximum Gasteiger partial charge on any atom is 0.290 e. The maximum atomic E-state index is 15.0. The molecule has 8 nitrogen and oxygen atoms in total. The summed E-state index contributed by atoms with van der Waals surface area (Å²) < 4.78 is 29.9. The first-order chi connectivity index (χ1) is 16.9. The predicted molar refractivity (Wildman–Crippen MR) is 126 cm³/mol. The lowest BCUT2D eigenvalue weighted by atomic mass is 9.78. The molecule has 190 valence electrons. The number of aromatic hydroxyl groups is 1. The largest absolute Gasteiger partial charge is 0.508 e. The first-order valence-corrected chi connectivity index (χ1v) is 11.4. The second-order valence-electron chi connectivity index (χ2n) is 9.28. The van der Waals surface area contributed by atoms with Crippen LogP contribution in [0.15, 0.2) is 61.3 Å². The molecule has 2 saturated heterocycles. The number of rotatable bonds is 7. The van der Waals surface area contributed by atoms with Gasteiger partial charge in [-0.2, -0.15) is 0 Å². The molecule has 0 aromatic heterocycles. The number of hydrogen-bond acceptors (Lipinski definition) is 5. The van der Waals surface area contributed by atoms with Crippen LogP contribution in [0, 0.1) is 6.92 Å². The van der Waals surface area contributed by atoms with E-state index < -0.39 is 53.9 Å². The number of amides is 3. The highest BCUT2D eigenvalue weighted by atomic mass is 19.3. The van der Waals surface area contributed by atoms with E-state index in [1.165, 1.54) is 25.1 Å². The molecule has 1 unspecified atom stereocenters. The van der Waals surface area contributed by atoms with Crippen molar-refractivity contribution in [1.82, 2.24) is 15.1 Å². The first kappa shape index (κ1) is 25.3. The van der Waals surface area contributed by atoms with E-state index >= 15 is 0 Å². The lowest BCUT2D eigenvalue weighted by Gasteiger charge is -2.53. The molecule has 3 amide bonds. The summed E-state index contributed by atoms with van der Waals surface area (Å²) in [6, 6.07) is 10.4. The predicted octanol–water partition coefficient (Wildman–Crippen LogP) is 1.99. The fourth-order valence-corrected chi connectivity index (χ4v) is 5.00. The van der Waals surface area contributed by atoms with Crippen molar-refractivity contribution in [3.63, 3.8) is 0 Å². The summed E-state index contributed by atoms with van der Waals surface area (Å²) in [6.07, 6.45) is -0.904. The number of phenols is 1. The molecule has 2 aromatic rings. The number of carbonyl (C=O) groups excluding carboxylic acids is 3. The third-order valence-corrected chi connectivity index (χ3v) is 7.19. The summed E-state index contributed by atoms with van der Waals surface area (Å²) in [5, 5.41) is 23.6. The van der Waals surface area contributed by atoms with Gasteiger partial charge in [0.15, 0.2) is 6.10 Å². The van der Waals surface area contributed by atoms with E-state index in [-0.39, 0.29) is 17.7 Å². The van der Waals surface area contributed by atoms with Crippen LogP contribution >= 0.6 is 0 Å². The number of aliphatic hydroxyl groups excluding tert-OH is 1. The highest BCUT2D eigenvalue weighted by Crippen LogP contribution is 2.52. The zero-order chi connectivity index (χ0) is 26.4. The lowest BCUT2D eigenvalue weighted by Crippen LogP contribution is -2.76. The fourth-order valence-electron chi connectivity index (χ4n) is 5.00. The van der Waals surface area contributed by atoms with E-state index in [1.54, 1.807) is 37.3 Å². The Kier molecular flexibility index (Phi) is 6.34. The Morgan fingerprint density at radius 3 is 2.53 bits per heavy atom. The summed E-state index contributed by atoms with van der Waals surface area (Å²) in [4.78, 5) is 40.4. The Morgan fingerprint density at radius 1 is 1.22 bits per heavy atom. The van der Waals surface area contributed by atoms with Gasteiger partial charge in [0.05, 0.1) is 12.6 Å². The van der Waals surface area contributed by atoms with Crippen LogP contribution in [-0.4, -0.2) is 73.9 Å². The van der Waals surface area contributed by atoms with Crippen LogP contribution in [0.5, 0.6) is 5.75 Å². The molecular formula is C26H27F2N3O5. The van der Waals surface area contributed by atoms with E-state index in [4.69, 9.17) is 0 Å². The molecule has 2 aromatic carbocycles. The number of halogens is 2. The molecular weight excluding hydrogens is 472 g/mol. The average molecular weight is 500 g/mol. The van der Waals surface area contributed by atoms with Crippen LogP contribution in [-0.2, 0) is 16.0 Å². The molecule has 0 bridgehead atoms. The fraction of sp³-hybridized carbons (Fsp3) is 0.346. The average Bonchev–Trinajstić information content (AvgIpc) is 3.03. The van der Waals surface area contributed by atoms with Crippen molar-refractivity contribution in [2.45, 2.75) is 49.9 Å². The summed E-state index contributed by atoms with van der Waals surface area (Å²) >= 11 is 0. The monoisotopic (exact) mass is 499 g/mol. The molecule has 2 aliphatic rings. The molecule has 3 N–H and O–H groups in total. The highest BCUT2D eigenvalue weighted by Gasteiger charge is 2.77. The lowest BCUT2D eigenvalue weighted by molar-refractivity contribution is -0.181. The first-order valence-electron chi connectivity index (χ1n) is 11.4. The number of hydrogen-bond donors (Lipinski definition) is 3. The van der Waals surface area contributed by atoms with Gasteiger partial charge < -0.3 is 25.3 Å². The van der Waals surface area contributed by atoms with Gasteiger partial charge in [-0.1, -0.05) is 43.0 Å². The topological polar surface area (TPSA) is 110 Å². The van der Waals surface area contributed by atoms with Gasteiger partial charge in [-0.3, -0.25) is 14.4 Å². The van der Waals surface area contributed by atoms with Crippen LogP contribution < -0.4 is 5.32 Å². The minimum absolute atomic E-state index is 0.0102. The van der Waals surface area contributed by atoms with Crippen LogP contribution in [0.25, 0.3) is 0 Å². The number of likely N-dealkylation sites (tertiary alicyclic amines) is 2. The Bertz CT molecular complexity index is 1220. The third-order valence-electron chi connectivity index (χ3n) is 7.19. The molecule has 10 heteroatoms. The van der Waals surface area contributed by atoms with Crippen molar-refractivity contribution in [2.24, 2.45) is 0 Å². The smallest absolute Gasteiger partial charge is 0.290 e. The summed E-state index contributed by atoms with van der Waals surface area (Å²) in [6.45, 7) is 5.07. The quantitative estimate of drug-likeness (QED) is 0.505. The zero-order valence-electron chi connectivity index (χ0n) is 19.8. The molecule has 4 rings (SSSR count). The second-order valence-corrected chi connectivity index (χ2v) is 9.28. The Hall–Kier alpha value is -3.79. The maximum absolute atomic E-state index is 15.0. The van der Waals surface area contributed by atoms with Crippen LogP contribution in [0.3, 0.4) is 0 Å². The molecule has 0 aliphatic carbocycles. The Morgan fingerprint density at radius 2 is 1.89 bits per heavy atom. The Balaban J connectivity index is 1.62. The minimum Gasteiger partial charge on any atom is -0.508 e. The van der Waals surface area contributed by atoms with Gasteiger partial charge in [-0.15, -0.1) is 0 Å². The number of nitrogens with one attached hydrogen (secondary N) is 1. The van der Waals surface area contributed by atoms with Crippen molar-refractivity contribution < 1.29 is 33.4 Å². The molecule has 36 heavy (non-hydrogen) atoms. The number of nitrogens with zero attached hydrogens (tertiary/aromatic N) is 2. The van der Waals surface area contributed by atoms with Crippen LogP contribution in [0.1, 0.15) is 28.4 Å². The summed E-state index contributed by atoms with van der Waals surface area (Å²) in [5.41, 5.74) is -0.869. The number of phenolic OH excluding ortho intramolecular Hbond substituents is 1. The second kappa shape index (κ2) is 9.02. The van der Waals surface area contributed by atoms with E-state index in [1.807, 2.05) is 0 Å². The highest BCUT2D eigenvalue weighted by molar-refractivity contribution is 5.99. The SMILES string of the molecule is C=CN1C(=O)[C@H]2N(C(=O)[C@@H](O)[C@H](Cc3ccccc3)NC(=O)c3cccc(O)c3C)CC(F)(F)C21C. The van der Waals surface area contributed by atoms with Gasteiger partial charge >= 0.3 is 0 Å².